The minimum Gasteiger partial charge on any atom is -0.389 e. The van der Waals surface area contributed by atoms with Gasteiger partial charge in [-0.05, 0) is 38.5 Å². The molecule has 1 aromatic heterocycles. The lowest BCUT2D eigenvalue weighted by Gasteiger charge is -2.24. The number of halogens is 2. The SMILES string of the molecule is CCn1nc(C)c(Cl)c1CC(C)(O)Cc1ccc(Cl)cc1. The maximum atomic E-state index is 10.7. The van der Waals surface area contributed by atoms with E-state index in [-0.39, 0.29) is 0 Å². The van der Waals surface area contributed by atoms with Gasteiger partial charge in [-0.25, -0.2) is 0 Å². The van der Waals surface area contributed by atoms with Gasteiger partial charge in [0, 0.05) is 24.4 Å². The zero-order chi connectivity index (χ0) is 15.6. The maximum absolute atomic E-state index is 10.7. The van der Waals surface area contributed by atoms with E-state index in [1.807, 2.05) is 49.7 Å². The first-order chi connectivity index (χ1) is 9.82. The number of hydrogen-bond acceptors (Lipinski definition) is 2. The summed E-state index contributed by atoms with van der Waals surface area (Å²) >= 11 is 12.2. The molecule has 3 nitrogen and oxygen atoms in total. The predicted octanol–water partition coefficient (Wildman–Crippen LogP) is 4.05. The Bertz CT molecular complexity index is 618. The van der Waals surface area contributed by atoms with Crippen molar-refractivity contribution in [2.24, 2.45) is 0 Å². The van der Waals surface area contributed by atoms with E-state index in [2.05, 4.69) is 5.10 Å². The van der Waals surface area contributed by atoms with Crippen LogP contribution in [0, 0.1) is 6.92 Å². The molecule has 0 saturated carbocycles. The van der Waals surface area contributed by atoms with Crippen LogP contribution in [-0.4, -0.2) is 20.5 Å². The molecule has 0 fully saturated rings. The first-order valence-corrected chi connectivity index (χ1v) is 7.76. The number of hydrogen-bond donors (Lipinski definition) is 1. The summed E-state index contributed by atoms with van der Waals surface area (Å²) in [5.41, 5.74) is 1.84. The van der Waals surface area contributed by atoms with Crippen LogP contribution in [0.1, 0.15) is 30.8 Å². The summed E-state index contributed by atoms with van der Waals surface area (Å²) < 4.78 is 1.86. The van der Waals surface area contributed by atoms with Crippen LogP contribution in [0.25, 0.3) is 0 Å². The number of aromatic nitrogens is 2. The van der Waals surface area contributed by atoms with Crippen LogP contribution in [0.5, 0.6) is 0 Å². The van der Waals surface area contributed by atoms with Crippen molar-refractivity contribution in [3.05, 3.63) is 51.3 Å². The minimum absolute atomic E-state index is 0.461. The Morgan fingerprint density at radius 2 is 1.81 bits per heavy atom. The normalized spacial score (nSPS) is 14.2. The van der Waals surface area contributed by atoms with Crippen LogP contribution < -0.4 is 0 Å². The summed E-state index contributed by atoms with van der Waals surface area (Å²) in [4.78, 5) is 0. The smallest absolute Gasteiger partial charge is 0.0848 e. The second-order valence-electron chi connectivity index (χ2n) is 5.64. The Morgan fingerprint density at radius 1 is 1.19 bits per heavy atom. The summed E-state index contributed by atoms with van der Waals surface area (Å²) in [6.45, 7) is 6.45. The molecule has 0 aliphatic heterocycles. The van der Waals surface area contributed by atoms with Crippen molar-refractivity contribution in [1.82, 2.24) is 9.78 Å². The number of aryl methyl sites for hydroxylation is 2. The Hall–Kier alpha value is -1.03. The molecule has 0 amide bonds. The summed E-state index contributed by atoms with van der Waals surface area (Å²) in [6.07, 6.45) is 0.998. The third kappa shape index (κ3) is 4.00. The molecule has 1 heterocycles. The molecule has 5 heteroatoms. The van der Waals surface area contributed by atoms with Crippen LogP contribution in [0.2, 0.25) is 10.0 Å². The molecule has 0 aliphatic carbocycles. The van der Waals surface area contributed by atoms with Gasteiger partial charge in [-0.1, -0.05) is 35.3 Å². The molecule has 0 saturated heterocycles. The van der Waals surface area contributed by atoms with Gasteiger partial charge < -0.3 is 5.11 Å². The molecule has 1 N–H and O–H groups in total. The van der Waals surface area contributed by atoms with Crippen LogP contribution in [-0.2, 0) is 19.4 Å². The van der Waals surface area contributed by atoms with E-state index in [0.29, 0.717) is 22.9 Å². The maximum Gasteiger partial charge on any atom is 0.0848 e. The lowest BCUT2D eigenvalue weighted by Crippen LogP contribution is -2.31. The third-order valence-corrected chi connectivity index (χ3v) is 4.24. The molecule has 0 radical (unpaired) electrons. The highest BCUT2D eigenvalue weighted by Gasteiger charge is 2.26. The molecule has 21 heavy (non-hydrogen) atoms. The van der Waals surface area contributed by atoms with Crippen LogP contribution in [0.4, 0.5) is 0 Å². The van der Waals surface area contributed by atoms with Crippen molar-refractivity contribution in [2.45, 2.75) is 45.8 Å². The van der Waals surface area contributed by atoms with Gasteiger partial charge in [-0.2, -0.15) is 5.10 Å². The minimum atomic E-state index is -0.892. The highest BCUT2D eigenvalue weighted by molar-refractivity contribution is 6.31. The van der Waals surface area contributed by atoms with E-state index in [4.69, 9.17) is 23.2 Å². The van der Waals surface area contributed by atoms with Crippen molar-refractivity contribution in [2.75, 3.05) is 0 Å². The zero-order valence-electron chi connectivity index (χ0n) is 12.5. The molecule has 0 spiro atoms. The van der Waals surface area contributed by atoms with Crippen molar-refractivity contribution < 1.29 is 5.11 Å². The number of aliphatic hydroxyl groups is 1. The van der Waals surface area contributed by atoms with Crippen molar-refractivity contribution in [1.29, 1.82) is 0 Å². The monoisotopic (exact) mass is 326 g/mol. The quantitative estimate of drug-likeness (QED) is 0.899. The predicted molar refractivity (Wildman–Crippen MR) is 87.1 cm³/mol. The van der Waals surface area contributed by atoms with Gasteiger partial charge >= 0.3 is 0 Å². The highest BCUT2D eigenvalue weighted by Crippen LogP contribution is 2.26. The van der Waals surface area contributed by atoms with Crippen LogP contribution >= 0.6 is 23.2 Å². The lowest BCUT2D eigenvalue weighted by atomic mass is 9.91. The average molecular weight is 327 g/mol. The zero-order valence-corrected chi connectivity index (χ0v) is 14.0. The molecule has 1 unspecified atom stereocenters. The summed E-state index contributed by atoms with van der Waals surface area (Å²) in [5, 5.41) is 16.4. The first-order valence-electron chi connectivity index (χ1n) is 7.01. The number of rotatable bonds is 5. The number of benzene rings is 1. The Labute approximate surface area is 135 Å². The average Bonchev–Trinajstić information content (AvgIpc) is 2.68. The lowest BCUT2D eigenvalue weighted by molar-refractivity contribution is 0.0587. The van der Waals surface area contributed by atoms with E-state index in [9.17, 15) is 5.11 Å². The molecule has 114 valence electrons. The van der Waals surface area contributed by atoms with Crippen molar-refractivity contribution >= 4 is 23.2 Å². The Morgan fingerprint density at radius 3 is 2.38 bits per heavy atom. The van der Waals surface area contributed by atoms with Gasteiger partial charge in [0.15, 0.2) is 0 Å². The third-order valence-electron chi connectivity index (χ3n) is 3.50. The molecule has 0 aliphatic rings. The summed E-state index contributed by atoms with van der Waals surface area (Å²) in [7, 11) is 0. The van der Waals surface area contributed by atoms with E-state index in [1.165, 1.54) is 0 Å². The largest absolute Gasteiger partial charge is 0.389 e. The van der Waals surface area contributed by atoms with Gasteiger partial charge in [0.25, 0.3) is 0 Å². The Kier molecular flexibility index (Phi) is 4.97. The molecule has 2 aromatic rings. The molecular weight excluding hydrogens is 307 g/mol. The molecular formula is C16H20Cl2N2O. The molecule has 2 rings (SSSR count). The molecule has 1 aromatic carbocycles. The van der Waals surface area contributed by atoms with Crippen LogP contribution in [0.15, 0.2) is 24.3 Å². The summed E-state index contributed by atoms with van der Waals surface area (Å²) in [5.74, 6) is 0. The fourth-order valence-electron chi connectivity index (χ4n) is 2.50. The summed E-state index contributed by atoms with van der Waals surface area (Å²) in [6, 6.07) is 7.53. The van der Waals surface area contributed by atoms with Gasteiger partial charge in [-0.15, -0.1) is 0 Å². The van der Waals surface area contributed by atoms with Crippen molar-refractivity contribution in [3.63, 3.8) is 0 Å². The fraction of sp³-hybridized carbons (Fsp3) is 0.438. The topological polar surface area (TPSA) is 38.0 Å². The van der Waals surface area contributed by atoms with E-state index >= 15 is 0 Å². The second kappa shape index (κ2) is 6.39. The van der Waals surface area contributed by atoms with Gasteiger partial charge in [0.05, 0.1) is 22.0 Å². The highest BCUT2D eigenvalue weighted by atomic mass is 35.5. The van der Waals surface area contributed by atoms with Gasteiger partial charge in [0.2, 0.25) is 0 Å². The van der Waals surface area contributed by atoms with Gasteiger partial charge in [0.1, 0.15) is 0 Å². The molecule has 1 atom stereocenters. The van der Waals surface area contributed by atoms with E-state index < -0.39 is 5.60 Å². The van der Waals surface area contributed by atoms with Crippen molar-refractivity contribution in [3.8, 4) is 0 Å². The Balaban J connectivity index is 2.19. The van der Waals surface area contributed by atoms with Gasteiger partial charge in [-0.3, -0.25) is 4.68 Å². The molecule has 0 bridgehead atoms. The first kappa shape index (κ1) is 16.3. The van der Waals surface area contributed by atoms with E-state index in [0.717, 1.165) is 23.5 Å². The second-order valence-corrected chi connectivity index (χ2v) is 6.45. The number of nitrogens with zero attached hydrogens (tertiary/aromatic N) is 2. The van der Waals surface area contributed by atoms with E-state index in [1.54, 1.807) is 0 Å². The van der Waals surface area contributed by atoms with Crippen LogP contribution in [0.3, 0.4) is 0 Å². The fourth-order valence-corrected chi connectivity index (χ4v) is 2.83. The standard InChI is InChI=1S/C16H20Cl2N2O/c1-4-20-14(15(18)11(2)19-20)10-16(3,21)9-12-5-7-13(17)8-6-12/h5-8,21H,4,9-10H2,1-3H3.